The van der Waals surface area contributed by atoms with E-state index in [2.05, 4.69) is 19.9 Å². The van der Waals surface area contributed by atoms with Gasteiger partial charge in [0.05, 0.1) is 5.69 Å². The van der Waals surface area contributed by atoms with E-state index in [9.17, 15) is 0 Å². The Bertz CT molecular complexity index is 623. The summed E-state index contributed by atoms with van der Waals surface area (Å²) in [6.45, 7) is 1.95. The molecule has 0 fully saturated rings. The Morgan fingerprint density at radius 1 is 0.895 bits per heavy atom. The number of aryl methyl sites for hydroxylation is 1. The molecule has 3 rings (SSSR count). The van der Waals surface area contributed by atoms with Crippen molar-refractivity contribution in [1.29, 1.82) is 0 Å². The SMILES string of the molecule is Cc1cc(-c2cccnc2)nc(-c2ccccn2)n1. The summed E-state index contributed by atoms with van der Waals surface area (Å²) < 4.78 is 0. The van der Waals surface area contributed by atoms with Gasteiger partial charge in [-0.15, -0.1) is 0 Å². The van der Waals surface area contributed by atoms with Crippen LogP contribution in [0, 0.1) is 6.92 Å². The van der Waals surface area contributed by atoms with Gasteiger partial charge in [0.25, 0.3) is 0 Å². The van der Waals surface area contributed by atoms with Crippen molar-refractivity contribution in [3.05, 3.63) is 60.7 Å². The summed E-state index contributed by atoms with van der Waals surface area (Å²) >= 11 is 0. The van der Waals surface area contributed by atoms with Crippen LogP contribution in [0.5, 0.6) is 0 Å². The summed E-state index contributed by atoms with van der Waals surface area (Å²) in [5.74, 6) is 0.638. The Morgan fingerprint density at radius 3 is 2.58 bits per heavy atom. The quantitative estimate of drug-likeness (QED) is 0.699. The molecule has 0 amide bonds. The molecule has 3 aromatic heterocycles. The Morgan fingerprint density at radius 2 is 1.84 bits per heavy atom. The first-order chi connectivity index (χ1) is 9.33. The third kappa shape index (κ3) is 2.47. The maximum Gasteiger partial charge on any atom is 0.178 e. The molecule has 0 unspecified atom stereocenters. The maximum absolute atomic E-state index is 4.56. The second-order valence-electron chi connectivity index (χ2n) is 4.17. The van der Waals surface area contributed by atoms with Crippen LogP contribution in [0.3, 0.4) is 0 Å². The second-order valence-corrected chi connectivity index (χ2v) is 4.17. The van der Waals surface area contributed by atoms with Crippen LogP contribution in [0.2, 0.25) is 0 Å². The number of nitrogens with zero attached hydrogens (tertiary/aromatic N) is 4. The van der Waals surface area contributed by atoms with Gasteiger partial charge in [-0.25, -0.2) is 9.97 Å². The molecule has 0 aliphatic carbocycles. The van der Waals surface area contributed by atoms with E-state index in [4.69, 9.17) is 0 Å². The zero-order valence-corrected chi connectivity index (χ0v) is 10.5. The third-order valence-electron chi connectivity index (χ3n) is 2.71. The highest BCUT2D eigenvalue weighted by Crippen LogP contribution is 2.20. The maximum atomic E-state index is 4.56. The van der Waals surface area contributed by atoms with Crippen molar-refractivity contribution < 1.29 is 0 Å². The van der Waals surface area contributed by atoms with E-state index in [0.717, 1.165) is 22.6 Å². The van der Waals surface area contributed by atoms with Gasteiger partial charge in [0.1, 0.15) is 5.69 Å². The molecule has 3 aromatic rings. The highest BCUT2D eigenvalue weighted by Gasteiger charge is 2.07. The minimum absolute atomic E-state index is 0.638. The molecule has 0 aliphatic heterocycles. The van der Waals surface area contributed by atoms with Crippen molar-refractivity contribution in [3.8, 4) is 22.8 Å². The molecule has 0 saturated carbocycles. The van der Waals surface area contributed by atoms with Gasteiger partial charge in [-0.1, -0.05) is 6.07 Å². The summed E-state index contributed by atoms with van der Waals surface area (Å²) in [5, 5.41) is 0. The van der Waals surface area contributed by atoms with Gasteiger partial charge in [0.2, 0.25) is 0 Å². The van der Waals surface area contributed by atoms with E-state index < -0.39 is 0 Å². The molecule has 0 bridgehead atoms. The van der Waals surface area contributed by atoms with Gasteiger partial charge in [-0.2, -0.15) is 0 Å². The lowest BCUT2D eigenvalue weighted by Crippen LogP contribution is -1.96. The number of pyridine rings is 2. The van der Waals surface area contributed by atoms with Crippen LogP contribution in [0.15, 0.2) is 55.0 Å². The lowest BCUT2D eigenvalue weighted by Gasteiger charge is -2.05. The topological polar surface area (TPSA) is 51.6 Å². The largest absolute Gasteiger partial charge is 0.264 e. The predicted octanol–water partition coefficient (Wildman–Crippen LogP) is 2.91. The average molecular weight is 248 g/mol. The van der Waals surface area contributed by atoms with Crippen LogP contribution in [-0.4, -0.2) is 19.9 Å². The molecular weight excluding hydrogens is 236 g/mol. The molecule has 3 heterocycles. The number of rotatable bonds is 2. The summed E-state index contributed by atoms with van der Waals surface area (Å²) in [6, 6.07) is 11.5. The predicted molar refractivity (Wildman–Crippen MR) is 73.2 cm³/mol. The zero-order valence-electron chi connectivity index (χ0n) is 10.5. The van der Waals surface area contributed by atoms with Crippen LogP contribution in [0.25, 0.3) is 22.8 Å². The Kier molecular flexibility index (Phi) is 2.98. The second kappa shape index (κ2) is 4.94. The van der Waals surface area contributed by atoms with Crippen molar-refractivity contribution in [2.24, 2.45) is 0 Å². The van der Waals surface area contributed by atoms with Gasteiger partial charge < -0.3 is 0 Å². The first-order valence-corrected chi connectivity index (χ1v) is 6.00. The fourth-order valence-electron chi connectivity index (χ4n) is 1.84. The number of aromatic nitrogens is 4. The molecular formula is C15H12N4. The van der Waals surface area contributed by atoms with Crippen molar-refractivity contribution in [2.75, 3.05) is 0 Å². The molecule has 0 N–H and O–H groups in total. The molecule has 0 spiro atoms. The lowest BCUT2D eigenvalue weighted by atomic mass is 10.2. The standard InChI is InChI=1S/C15H12N4/c1-11-9-14(12-5-4-7-16-10-12)19-15(18-11)13-6-2-3-8-17-13/h2-10H,1H3. The van der Waals surface area contributed by atoms with E-state index in [1.807, 2.05) is 43.3 Å². The smallest absolute Gasteiger partial charge is 0.178 e. The van der Waals surface area contributed by atoms with Crippen molar-refractivity contribution in [3.63, 3.8) is 0 Å². The summed E-state index contributed by atoms with van der Waals surface area (Å²) in [5.41, 5.74) is 3.53. The first kappa shape index (κ1) is 11.5. The normalized spacial score (nSPS) is 10.4. The van der Waals surface area contributed by atoms with Crippen molar-refractivity contribution in [1.82, 2.24) is 19.9 Å². The van der Waals surface area contributed by atoms with Crippen LogP contribution < -0.4 is 0 Å². The van der Waals surface area contributed by atoms with E-state index in [-0.39, 0.29) is 0 Å². The molecule has 4 heteroatoms. The van der Waals surface area contributed by atoms with Gasteiger partial charge in [0.15, 0.2) is 5.82 Å². The Hall–Kier alpha value is -2.62. The Balaban J connectivity index is 2.12. The van der Waals surface area contributed by atoms with E-state index >= 15 is 0 Å². The lowest BCUT2D eigenvalue weighted by molar-refractivity contribution is 1.09. The van der Waals surface area contributed by atoms with E-state index in [1.54, 1.807) is 18.6 Å². The molecule has 4 nitrogen and oxygen atoms in total. The molecule has 0 saturated heterocycles. The molecule has 0 aromatic carbocycles. The molecule has 92 valence electrons. The summed E-state index contributed by atoms with van der Waals surface area (Å²) in [4.78, 5) is 17.4. The molecule has 19 heavy (non-hydrogen) atoms. The highest BCUT2D eigenvalue weighted by molar-refractivity contribution is 5.61. The minimum Gasteiger partial charge on any atom is -0.264 e. The fraction of sp³-hybridized carbons (Fsp3) is 0.0667. The van der Waals surface area contributed by atoms with Gasteiger partial charge >= 0.3 is 0 Å². The van der Waals surface area contributed by atoms with E-state index in [1.165, 1.54) is 0 Å². The highest BCUT2D eigenvalue weighted by atomic mass is 14.9. The summed E-state index contributed by atoms with van der Waals surface area (Å²) in [6.07, 6.45) is 5.28. The zero-order chi connectivity index (χ0) is 13.1. The van der Waals surface area contributed by atoms with Crippen LogP contribution in [0.4, 0.5) is 0 Å². The van der Waals surface area contributed by atoms with E-state index in [0.29, 0.717) is 5.82 Å². The van der Waals surface area contributed by atoms with Crippen LogP contribution in [-0.2, 0) is 0 Å². The number of hydrogen-bond donors (Lipinski definition) is 0. The molecule has 0 radical (unpaired) electrons. The summed E-state index contributed by atoms with van der Waals surface area (Å²) in [7, 11) is 0. The first-order valence-electron chi connectivity index (χ1n) is 6.00. The van der Waals surface area contributed by atoms with Crippen LogP contribution in [0.1, 0.15) is 5.69 Å². The third-order valence-corrected chi connectivity index (χ3v) is 2.71. The van der Waals surface area contributed by atoms with Crippen molar-refractivity contribution in [2.45, 2.75) is 6.92 Å². The Labute approximate surface area is 111 Å². The van der Waals surface area contributed by atoms with Gasteiger partial charge in [-0.3, -0.25) is 9.97 Å². The fourth-order valence-corrected chi connectivity index (χ4v) is 1.84. The molecule has 0 atom stereocenters. The molecule has 0 aliphatic rings. The van der Waals surface area contributed by atoms with Gasteiger partial charge in [0, 0.05) is 29.8 Å². The minimum atomic E-state index is 0.638. The van der Waals surface area contributed by atoms with Crippen molar-refractivity contribution >= 4 is 0 Å². The number of hydrogen-bond acceptors (Lipinski definition) is 4. The average Bonchev–Trinajstić information content (AvgIpc) is 2.48. The van der Waals surface area contributed by atoms with Gasteiger partial charge in [-0.05, 0) is 37.3 Å². The van der Waals surface area contributed by atoms with Crippen LogP contribution >= 0.6 is 0 Å². The monoisotopic (exact) mass is 248 g/mol.